The van der Waals surface area contributed by atoms with E-state index in [1.807, 2.05) is 0 Å². The average Bonchev–Trinajstić information content (AvgIpc) is 1.19. The van der Waals surface area contributed by atoms with Crippen LogP contribution in [0.3, 0.4) is 0 Å². The molecule has 0 heterocycles. The summed E-state index contributed by atoms with van der Waals surface area (Å²) in [5, 5.41) is 16.7. The molecule has 0 atom stereocenters. The molecular weight excluding hydrogens is 220 g/mol. The zero-order valence-electron chi connectivity index (χ0n) is 4.63. The predicted molar refractivity (Wildman–Crippen MR) is 19.7 cm³/mol. The quantitative estimate of drug-likeness (QED) is 0.287. The van der Waals surface area contributed by atoms with Crippen LogP contribution in [0.2, 0.25) is 0 Å². The normalized spacial score (nSPS) is 8.30. The summed E-state index contributed by atoms with van der Waals surface area (Å²) in [5.41, 5.74) is 0. The van der Waals surface area contributed by atoms with Crippen LogP contribution >= 0.6 is 7.82 Å². The molecule has 0 radical (unpaired) electrons. The summed E-state index contributed by atoms with van der Waals surface area (Å²) in [5.74, 6) is 0. The van der Waals surface area contributed by atoms with E-state index in [-0.39, 0.29) is 19.5 Å². The van der Waals surface area contributed by atoms with Crippen molar-refractivity contribution in [2.45, 2.75) is 0 Å². The van der Waals surface area contributed by atoms with Gasteiger partial charge in [0, 0.05) is 0 Å². The van der Waals surface area contributed by atoms with Crippen molar-refractivity contribution < 1.29 is 53.7 Å². The molecule has 0 amide bonds. The minimum atomic E-state index is -4.64. The van der Waals surface area contributed by atoms with Crippen LogP contribution in [0, 0.1) is 0 Å². The third-order valence-electron chi connectivity index (χ3n) is 0. The molecule has 0 fully saturated rings. The first-order chi connectivity index (χ1) is 3.73. The molecule has 0 aromatic heterocycles. The SMILES string of the molecule is O=C([O-])[O-].O=P(O)(O)O.[Zn+2]. The standard InChI is InChI=1S/CH2O3.H3O4P.Zn/c2-1(3)4;1-5(2,3)4;/h(H2,2,3,4);(H3,1,2,3,4);/q;;+2/p-2. The molecule has 0 aliphatic heterocycles. The van der Waals surface area contributed by atoms with Gasteiger partial charge in [-0.3, -0.25) is 0 Å². The molecular formula is CH3O7PZn. The number of hydrogen-bond donors (Lipinski definition) is 3. The Labute approximate surface area is 68.3 Å². The van der Waals surface area contributed by atoms with Crippen molar-refractivity contribution in [1.29, 1.82) is 0 Å². The average molecular weight is 223 g/mol. The second-order valence-corrected chi connectivity index (χ2v) is 1.79. The van der Waals surface area contributed by atoms with Gasteiger partial charge in [0.15, 0.2) is 0 Å². The largest absolute Gasteiger partial charge is 2.00 e. The number of phosphoric acid groups is 1. The maximum Gasteiger partial charge on any atom is 2.00 e. The van der Waals surface area contributed by atoms with E-state index in [4.69, 9.17) is 34.3 Å². The van der Waals surface area contributed by atoms with Gasteiger partial charge in [0.2, 0.25) is 0 Å². The molecule has 0 aromatic rings. The topological polar surface area (TPSA) is 141 Å². The summed E-state index contributed by atoms with van der Waals surface area (Å²) >= 11 is 0. The maximum absolute atomic E-state index is 8.88. The minimum Gasteiger partial charge on any atom is -0.652 e. The number of carboxylic acid groups (broad SMARTS) is 2. The summed E-state index contributed by atoms with van der Waals surface area (Å²) in [6.07, 6.45) is -2.33. The molecule has 56 valence electrons. The Morgan fingerprint density at radius 2 is 1.20 bits per heavy atom. The molecule has 0 aliphatic rings. The Hall–Kier alpha value is 0.00338. The molecule has 0 saturated heterocycles. The van der Waals surface area contributed by atoms with E-state index in [1.54, 1.807) is 0 Å². The van der Waals surface area contributed by atoms with E-state index < -0.39 is 14.0 Å². The number of carbonyl (C=O) groups is 1. The zero-order chi connectivity index (χ0) is 8.08. The maximum atomic E-state index is 8.88. The molecule has 0 bridgehead atoms. The second-order valence-electron chi connectivity index (χ2n) is 0.763. The molecule has 0 aliphatic carbocycles. The molecule has 0 unspecified atom stereocenters. The monoisotopic (exact) mass is 222 g/mol. The van der Waals surface area contributed by atoms with E-state index in [0.29, 0.717) is 0 Å². The van der Waals surface area contributed by atoms with Gasteiger partial charge in [0.1, 0.15) is 0 Å². The number of carbonyl (C=O) groups excluding carboxylic acids is 1. The first kappa shape index (κ1) is 16.5. The summed E-state index contributed by atoms with van der Waals surface area (Å²) in [6, 6.07) is 0. The van der Waals surface area contributed by atoms with Crippen LogP contribution in [0.15, 0.2) is 0 Å². The molecule has 10 heavy (non-hydrogen) atoms. The third-order valence-corrected chi connectivity index (χ3v) is 0. The molecule has 7 nitrogen and oxygen atoms in total. The van der Waals surface area contributed by atoms with Crippen LogP contribution in [-0.2, 0) is 24.0 Å². The van der Waals surface area contributed by atoms with Gasteiger partial charge >= 0.3 is 27.3 Å². The van der Waals surface area contributed by atoms with Gasteiger partial charge in [-0.15, -0.1) is 0 Å². The number of hydrogen-bond acceptors (Lipinski definition) is 4. The van der Waals surface area contributed by atoms with E-state index in [0.717, 1.165) is 0 Å². The molecule has 3 N–H and O–H groups in total. The van der Waals surface area contributed by atoms with E-state index >= 15 is 0 Å². The Kier molecular flexibility index (Phi) is 11.8. The molecule has 9 heteroatoms. The van der Waals surface area contributed by atoms with Gasteiger partial charge in [-0.1, -0.05) is 0 Å². The fraction of sp³-hybridized carbons (Fsp3) is 0. The van der Waals surface area contributed by atoms with Crippen molar-refractivity contribution >= 4 is 14.0 Å². The van der Waals surface area contributed by atoms with E-state index in [2.05, 4.69) is 0 Å². The fourth-order valence-corrected chi connectivity index (χ4v) is 0. The Balaban J connectivity index is -0.0000000910. The van der Waals surface area contributed by atoms with Gasteiger partial charge in [0.05, 0.1) is 0 Å². The zero-order valence-corrected chi connectivity index (χ0v) is 8.49. The van der Waals surface area contributed by atoms with Crippen LogP contribution in [0.1, 0.15) is 0 Å². The minimum absolute atomic E-state index is 0. The van der Waals surface area contributed by atoms with Crippen LogP contribution in [-0.4, -0.2) is 20.8 Å². The summed E-state index contributed by atoms with van der Waals surface area (Å²) in [4.78, 5) is 29.9. The third kappa shape index (κ3) is 34400000. The van der Waals surface area contributed by atoms with Crippen LogP contribution in [0.5, 0.6) is 0 Å². The van der Waals surface area contributed by atoms with Gasteiger partial charge in [-0.05, 0) is 6.16 Å². The second kappa shape index (κ2) is 7.11. The first-order valence-corrected chi connectivity index (χ1v) is 2.96. The summed E-state index contributed by atoms with van der Waals surface area (Å²) in [6.45, 7) is 0. The molecule has 0 saturated carbocycles. The van der Waals surface area contributed by atoms with E-state index in [1.165, 1.54) is 0 Å². The molecule has 0 aromatic carbocycles. The van der Waals surface area contributed by atoms with Gasteiger partial charge < -0.3 is 29.7 Å². The Morgan fingerprint density at radius 3 is 1.20 bits per heavy atom. The smallest absolute Gasteiger partial charge is 0.652 e. The van der Waals surface area contributed by atoms with Crippen molar-refractivity contribution in [3.8, 4) is 0 Å². The number of rotatable bonds is 0. The van der Waals surface area contributed by atoms with Gasteiger partial charge in [0.25, 0.3) is 0 Å². The van der Waals surface area contributed by atoms with Crippen LogP contribution < -0.4 is 10.2 Å². The van der Waals surface area contributed by atoms with Crippen molar-refractivity contribution in [1.82, 2.24) is 0 Å². The van der Waals surface area contributed by atoms with Crippen molar-refractivity contribution in [3.63, 3.8) is 0 Å². The molecule has 0 spiro atoms. The Bertz CT molecular complexity index is 113. The van der Waals surface area contributed by atoms with Crippen molar-refractivity contribution in [2.75, 3.05) is 0 Å². The van der Waals surface area contributed by atoms with Gasteiger partial charge in [-0.25, -0.2) is 4.57 Å². The summed E-state index contributed by atoms with van der Waals surface area (Å²) in [7, 11) is -4.64. The van der Waals surface area contributed by atoms with Crippen LogP contribution in [0.25, 0.3) is 0 Å². The molecule has 0 rings (SSSR count). The Morgan fingerprint density at radius 1 is 1.20 bits per heavy atom. The van der Waals surface area contributed by atoms with Gasteiger partial charge in [-0.2, -0.15) is 0 Å². The van der Waals surface area contributed by atoms with Crippen molar-refractivity contribution in [3.05, 3.63) is 0 Å². The predicted octanol–water partition coefficient (Wildman–Crippen LogP) is -3.38. The van der Waals surface area contributed by atoms with E-state index in [9.17, 15) is 0 Å². The first-order valence-electron chi connectivity index (χ1n) is 1.39. The van der Waals surface area contributed by atoms with Crippen LogP contribution in [0.4, 0.5) is 4.79 Å². The van der Waals surface area contributed by atoms with Crippen molar-refractivity contribution in [2.24, 2.45) is 0 Å². The fourth-order valence-electron chi connectivity index (χ4n) is 0. The summed E-state index contributed by atoms with van der Waals surface area (Å²) < 4.78 is 8.88.